The van der Waals surface area contributed by atoms with Crippen molar-refractivity contribution in [2.24, 2.45) is 0 Å². The van der Waals surface area contributed by atoms with Crippen LogP contribution >= 0.6 is 11.3 Å². The first-order valence-corrected chi connectivity index (χ1v) is 10.2. The van der Waals surface area contributed by atoms with Crippen molar-refractivity contribution in [2.45, 2.75) is 32.8 Å². The molecule has 152 valence electrons. The second-order valence-corrected chi connectivity index (χ2v) is 7.51. The third-order valence-electron chi connectivity index (χ3n) is 4.45. The zero-order chi connectivity index (χ0) is 20.6. The van der Waals surface area contributed by atoms with E-state index in [4.69, 9.17) is 9.47 Å². The van der Waals surface area contributed by atoms with E-state index in [-0.39, 0.29) is 6.03 Å². The van der Waals surface area contributed by atoms with Crippen molar-refractivity contribution in [3.05, 3.63) is 59.1 Å². The topological polar surface area (TPSA) is 85.4 Å². The maximum absolute atomic E-state index is 12.1. The number of benzene rings is 2. The fourth-order valence-electron chi connectivity index (χ4n) is 2.67. The molecule has 2 N–H and O–H groups in total. The highest BCUT2D eigenvalue weighted by molar-refractivity contribution is 7.15. The minimum Gasteiger partial charge on any atom is -0.497 e. The fraction of sp³-hybridized carbons (Fsp3) is 0.286. The van der Waals surface area contributed by atoms with E-state index in [1.165, 1.54) is 16.9 Å². The molecule has 0 fully saturated rings. The van der Waals surface area contributed by atoms with Crippen molar-refractivity contribution in [1.82, 2.24) is 10.2 Å². The van der Waals surface area contributed by atoms with E-state index in [1.54, 1.807) is 31.4 Å². The minimum atomic E-state index is -0.388. The van der Waals surface area contributed by atoms with Gasteiger partial charge in [0.25, 0.3) is 0 Å². The first kappa shape index (κ1) is 20.6. The number of anilines is 2. The number of amides is 2. The van der Waals surface area contributed by atoms with Crippen LogP contribution in [0.5, 0.6) is 11.5 Å². The second kappa shape index (κ2) is 9.88. The Kier molecular flexibility index (Phi) is 7.02. The Balaban J connectivity index is 1.55. The van der Waals surface area contributed by atoms with Crippen LogP contribution in [0.2, 0.25) is 0 Å². The number of hydrogen-bond donors (Lipinski definition) is 2. The molecule has 3 rings (SSSR count). The van der Waals surface area contributed by atoms with Crippen LogP contribution < -0.4 is 20.1 Å². The number of hydrogen-bond acceptors (Lipinski definition) is 6. The summed E-state index contributed by atoms with van der Waals surface area (Å²) in [4.78, 5) is 12.1. The molecule has 1 unspecified atom stereocenters. The molecule has 0 aliphatic rings. The van der Waals surface area contributed by atoms with E-state index in [0.29, 0.717) is 28.4 Å². The summed E-state index contributed by atoms with van der Waals surface area (Å²) < 4.78 is 11.0. The Bertz CT molecular complexity index is 943. The monoisotopic (exact) mass is 412 g/mol. The number of ether oxygens (including phenoxy) is 2. The molecule has 1 atom stereocenters. The van der Waals surface area contributed by atoms with Gasteiger partial charge in [-0.1, -0.05) is 43.4 Å². The van der Waals surface area contributed by atoms with E-state index in [9.17, 15) is 4.79 Å². The third-order valence-corrected chi connectivity index (χ3v) is 5.26. The lowest BCUT2D eigenvalue weighted by Gasteiger charge is -2.14. The van der Waals surface area contributed by atoms with Crippen LogP contribution in [0.4, 0.5) is 15.6 Å². The molecule has 2 aromatic carbocycles. The number of rotatable bonds is 8. The standard InChI is InChI=1S/C21H24N4O3S/c1-4-14(2)17-7-5-6-8-18(17)28-13-19-24-25-21(29-19)23-20(26)22-15-9-11-16(27-3)12-10-15/h5-12,14H,4,13H2,1-3H3,(H2,22,23,25,26). The van der Waals surface area contributed by atoms with Gasteiger partial charge in [0.2, 0.25) is 5.13 Å². The normalized spacial score (nSPS) is 11.6. The van der Waals surface area contributed by atoms with E-state index in [2.05, 4.69) is 40.7 Å². The number of aromatic nitrogens is 2. The molecule has 0 saturated carbocycles. The van der Waals surface area contributed by atoms with Crippen molar-refractivity contribution in [3.63, 3.8) is 0 Å². The van der Waals surface area contributed by atoms with Crippen LogP contribution in [0.3, 0.4) is 0 Å². The van der Waals surface area contributed by atoms with Crippen LogP contribution in [0.15, 0.2) is 48.5 Å². The summed E-state index contributed by atoms with van der Waals surface area (Å²) in [6.45, 7) is 4.63. The van der Waals surface area contributed by atoms with Crippen molar-refractivity contribution in [1.29, 1.82) is 0 Å². The maximum Gasteiger partial charge on any atom is 0.325 e. The van der Waals surface area contributed by atoms with Crippen molar-refractivity contribution in [2.75, 3.05) is 17.7 Å². The summed E-state index contributed by atoms with van der Waals surface area (Å²) in [5.74, 6) is 1.99. The van der Waals surface area contributed by atoms with Gasteiger partial charge >= 0.3 is 6.03 Å². The van der Waals surface area contributed by atoms with E-state index < -0.39 is 0 Å². The molecule has 0 aliphatic heterocycles. The zero-order valence-electron chi connectivity index (χ0n) is 16.6. The van der Waals surface area contributed by atoms with E-state index >= 15 is 0 Å². The number of nitrogens with zero attached hydrogens (tertiary/aromatic N) is 2. The Labute approximate surface area is 174 Å². The Morgan fingerprint density at radius 2 is 1.86 bits per heavy atom. The molecule has 0 radical (unpaired) electrons. The van der Waals surface area contributed by atoms with Crippen LogP contribution in [-0.4, -0.2) is 23.3 Å². The predicted octanol–water partition coefficient (Wildman–Crippen LogP) is 5.28. The number of carbonyl (C=O) groups excluding carboxylic acids is 1. The molecule has 7 nitrogen and oxygen atoms in total. The van der Waals surface area contributed by atoms with Crippen molar-refractivity contribution >= 4 is 28.2 Å². The van der Waals surface area contributed by atoms with Crippen LogP contribution in [0.1, 0.15) is 36.8 Å². The first-order valence-electron chi connectivity index (χ1n) is 9.35. The molecule has 0 aliphatic carbocycles. The molecule has 1 aromatic heterocycles. The van der Waals surface area contributed by atoms with Crippen LogP contribution in [-0.2, 0) is 6.61 Å². The second-order valence-electron chi connectivity index (χ2n) is 6.44. The average molecular weight is 413 g/mol. The zero-order valence-corrected chi connectivity index (χ0v) is 17.5. The fourth-order valence-corrected chi connectivity index (χ4v) is 3.32. The van der Waals surface area contributed by atoms with Crippen molar-refractivity contribution in [3.8, 4) is 11.5 Å². The molecule has 8 heteroatoms. The summed E-state index contributed by atoms with van der Waals surface area (Å²) in [5, 5.41) is 14.6. The number of carbonyl (C=O) groups is 1. The first-order chi connectivity index (χ1) is 14.1. The molecule has 0 spiro atoms. The summed E-state index contributed by atoms with van der Waals surface area (Å²) in [5.41, 5.74) is 1.83. The third kappa shape index (κ3) is 5.68. The largest absolute Gasteiger partial charge is 0.497 e. The predicted molar refractivity (Wildman–Crippen MR) is 115 cm³/mol. The average Bonchev–Trinajstić information content (AvgIpc) is 3.19. The van der Waals surface area contributed by atoms with Gasteiger partial charge in [0.1, 0.15) is 18.1 Å². The van der Waals surface area contributed by atoms with Crippen LogP contribution in [0, 0.1) is 0 Å². The minimum absolute atomic E-state index is 0.299. The van der Waals surface area contributed by atoms with Gasteiger partial charge in [0.05, 0.1) is 7.11 Å². The lowest BCUT2D eigenvalue weighted by molar-refractivity contribution is 0.262. The molecular weight excluding hydrogens is 388 g/mol. The summed E-state index contributed by atoms with van der Waals surface area (Å²) in [6.07, 6.45) is 1.04. The maximum atomic E-state index is 12.1. The summed E-state index contributed by atoms with van der Waals surface area (Å²) >= 11 is 1.28. The van der Waals surface area contributed by atoms with Crippen LogP contribution in [0.25, 0.3) is 0 Å². The van der Waals surface area contributed by atoms with Gasteiger partial charge in [-0.3, -0.25) is 5.32 Å². The molecule has 1 heterocycles. The smallest absolute Gasteiger partial charge is 0.325 e. The molecule has 3 aromatic rings. The highest BCUT2D eigenvalue weighted by Crippen LogP contribution is 2.29. The summed E-state index contributed by atoms with van der Waals surface area (Å²) in [6, 6.07) is 14.7. The Morgan fingerprint density at radius 3 is 2.59 bits per heavy atom. The molecular formula is C21H24N4O3S. The van der Waals surface area contributed by atoms with E-state index in [1.807, 2.05) is 18.2 Å². The summed E-state index contributed by atoms with van der Waals surface area (Å²) in [7, 11) is 1.59. The van der Waals surface area contributed by atoms with Gasteiger partial charge in [0, 0.05) is 5.69 Å². The number of para-hydroxylation sites is 1. The van der Waals surface area contributed by atoms with Crippen molar-refractivity contribution < 1.29 is 14.3 Å². The number of methoxy groups -OCH3 is 1. The lowest BCUT2D eigenvalue weighted by atomic mass is 9.98. The van der Waals surface area contributed by atoms with Gasteiger partial charge < -0.3 is 14.8 Å². The highest BCUT2D eigenvalue weighted by atomic mass is 32.1. The molecule has 0 bridgehead atoms. The van der Waals surface area contributed by atoms with Gasteiger partial charge in [-0.2, -0.15) is 0 Å². The highest BCUT2D eigenvalue weighted by Gasteiger charge is 2.12. The Hall–Kier alpha value is -3.13. The molecule has 0 saturated heterocycles. The molecule has 29 heavy (non-hydrogen) atoms. The SMILES string of the molecule is CCC(C)c1ccccc1OCc1nnc(NC(=O)Nc2ccc(OC)cc2)s1. The Morgan fingerprint density at radius 1 is 1.10 bits per heavy atom. The number of urea groups is 1. The molecule has 2 amide bonds. The van der Waals surface area contributed by atoms with E-state index in [0.717, 1.165) is 17.9 Å². The quantitative estimate of drug-likeness (QED) is 0.525. The van der Waals surface area contributed by atoms with Gasteiger partial charge in [-0.05, 0) is 48.2 Å². The van der Waals surface area contributed by atoms with Gasteiger partial charge in [0.15, 0.2) is 5.01 Å². The lowest BCUT2D eigenvalue weighted by Crippen LogP contribution is -2.19. The van der Waals surface area contributed by atoms with Gasteiger partial charge in [-0.15, -0.1) is 10.2 Å². The van der Waals surface area contributed by atoms with Gasteiger partial charge in [-0.25, -0.2) is 4.79 Å². The number of nitrogens with one attached hydrogen (secondary N) is 2.